The monoisotopic (exact) mass is 243 g/mol. The Hall–Kier alpha value is -2.10. The van der Waals surface area contributed by atoms with Gasteiger partial charge < -0.3 is 0 Å². The molecule has 0 N–H and O–H groups in total. The predicted octanol–water partition coefficient (Wildman–Crippen LogP) is 3.74. The molecule has 2 rings (SSSR count). The smallest absolute Gasteiger partial charge is 0.125 e. The van der Waals surface area contributed by atoms with E-state index in [0.717, 1.165) is 11.3 Å². The molecule has 0 amide bonds. The Morgan fingerprint density at radius 2 is 1.72 bits per heavy atom. The van der Waals surface area contributed by atoms with Crippen molar-refractivity contribution in [1.82, 2.24) is 9.97 Å². The minimum absolute atomic E-state index is 0.0706. The first-order valence-corrected chi connectivity index (χ1v) is 5.96. The molecule has 0 bridgehead atoms. The highest BCUT2D eigenvalue weighted by Gasteiger charge is 2.00. The number of aromatic nitrogens is 2. The maximum absolute atomic E-state index is 10.0. The molecular weight excluding hydrogens is 226 g/mol. The summed E-state index contributed by atoms with van der Waals surface area (Å²) < 4.78 is 0. The van der Waals surface area contributed by atoms with E-state index in [-0.39, 0.29) is 6.54 Å². The average Bonchev–Trinajstić information content (AvgIpc) is 2.43. The van der Waals surface area contributed by atoms with Crippen LogP contribution in [0.2, 0.25) is 0 Å². The largest absolute Gasteiger partial charge is 0.255 e. The summed E-state index contributed by atoms with van der Waals surface area (Å²) in [5.41, 5.74) is 3.61. The second-order valence-corrected chi connectivity index (χ2v) is 3.55. The van der Waals surface area contributed by atoms with Crippen molar-refractivity contribution in [3.8, 4) is 11.3 Å². The third kappa shape index (κ3) is 3.73. The van der Waals surface area contributed by atoms with E-state index in [1.54, 1.807) is 12.4 Å². The molecule has 0 aliphatic heterocycles. The molecule has 18 heavy (non-hydrogen) atoms. The normalized spacial score (nSPS) is 9.28. The van der Waals surface area contributed by atoms with E-state index in [1.165, 1.54) is 5.56 Å². The van der Waals surface area contributed by atoms with Crippen molar-refractivity contribution in [1.29, 1.82) is 0 Å². The summed E-state index contributed by atoms with van der Waals surface area (Å²) in [4.78, 5) is 18.4. The number of nitroso groups, excluding NO2 is 1. The molecule has 0 unspecified atom stereocenters. The van der Waals surface area contributed by atoms with E-state index >= 15 is 0 Å². The maximum atomic E-state index is 10.0. The Bertz CT molecular complexity index is 477. The van der Waals surface area contributed by atoms with Gasteiger partial charge in [0.15, 0.2) is 0 Å². The minimum Gasteiger partial charge on any atom is -0.255 e. The highest BCUT2D eigenvalue weighted by molar-refractivity contribution is 5.58. The number of nitrogens with zero attached hydrogens (tertiary/aromatic N) is 3. The van der Waals surface area contributed by atoms with Crippen LogP contribution < -0.4 is 0 Å². The first-order chi connectivity index (χ1) is 8.79. The van der Waals surface area contributed by atoms with Crippen LogP contribution in [0.3, 0.4) is 0 Å². The van der Waals surface area contributed by atoms with Gasteiger partial charge in [0.2, 0.25) is 0 Å². The van der Waals surface area contributed by atoms with E-state index in [1.807, 2.05) is 45.0 Å². The molecule has 0 radical (unpaired) electrons. The zero-order valence-electron chi connectivity index (χ0n) is 10.9. The van der Waals surface area contributed by atoms with Crippen LogP contribution in [-0.2, 0) is 6.54 Å². The predicted molar refractivity (Wildman–Crippen MR) is 73.1 cm³/mol. The molecule has 1 heterocycles. The van der Waals surface area contributed by atoms with Gasteiger partial charge in [0.05, 0.1) is 23.8 Å². The van der Waals surface area contributed by atoms with Crippen molar-refractivity contribution < 1.29 is 0 Å². The van der Waals surface area contributed by atoms with Gasteiger partial charge in [-0.3, -0.25) is 9.97 Å². The quantitative estimate of drug-likeness (QED) is 0.771. The van der Waals surface area contributed by atoms with Crippen molar-refractivity contribution in [2.45, 2.75) is 27.3 Å². The number of aryl methyl sites for hydroxylation is 1. The lowest BCUT2D eigenvalue weighted by Gasteiger charge is -2.01. The Balaban J connectivity index is 0.000000771. The minimum atomic E-state index is 0.0706. The third-order valence-electron chi connectivity index (χ3n) is 2.28. The van der Waals surface area contributed by atoms with Crippen molar-refractivity contribution in [2.75, 3.05) is 0 Å². The lowest BCUT2D eigenvalue weighted by atomic mass is 10.1. The fraction of sp³-hybridized carbons (Fsp3) is 0.286. The molecule has 0 aliphatic rings. The summed E-state index contributed by atoms with van der Waals surface area (Å²) in [5, 5.41) is 2.77. The van der Waals surface area contributed by atoms with Crippen molar-refractivity contribution in [3.63, 3.8) is 0 Å². The summed E-state index contributed by atoms with van der Waals surface area (Å²) in [6.45, 7) is 6.11. The third-order valence-corrected chi connectivity index (χ3v) is 2.28. The molecule has 0 spiro atoms. The van der Waals surface area contributed by atoms with Crippen LogP contribution in [0.4, 0.5) is 0 Å². The summed E-state index contributed by atoms with van der Waals surface area (Å²) in [6.07, 6.45) is 3.24. The SMILES string of the molecule is CC.Cc1ccc(-c2cnc(CN=O)cn2)cc1. The second kappa shape index (κ2) is 7.27. The molecular formula is C14H17N3O. The Morgan fingerprint density at radius 3 is 2.22 bits per heavy atom. The highest BCUT2D eigenvalue weighted by Crippen LogP contribution is 2.16. The number of rotatable bonds is 3. The van der Waals surface area contributed by atoms with Gasteiger partial charge in [-0.25, -0.2) is 0 Å². The lowest BCUT2D eigenvalue weighted by molar-refractivity contribution is 0.958. The van der Waals surface area contributed by atoms with Gasteiger partial charge in [-0.15, -0.1) is 0 Å². The number of benzene rings is 1. The molecule has 0 fully saturated rings. The molecule has 2 aromatic rings. The molecule has 0 saturated carbocycles. The van der Waals surface area contributed by atoms with Crippen LogP contribution in [0.15, 0.2) is 41.8 Å². The molecule has 1 aromatic carbocycles. The van der Waals surface area contributed by atoms with Gasteiger partial charge in [0.1, 0.15) is 6.54 Å². The van der Waals surface area contributed by atoms with E-state index in [0.29, 0.717) is 5.69 Å². The molecule has 0 atom stereocenters. The van der Waals surface area contributed by atoms with Crippen LogP contribution in [0.1, 0.15) is 25.1 Å². The van der Waals surface area contributed by atoms with E-state index in [2.05, 4.69) is 15.1 Å². The second-order valence-electron chi connectivity index (χ2n) is 3.55. The standard InChI is InChI=1S/C12H11N3O.C2H6/c1-9-2-4-10(5-3-9)12-8-13-11(6-14-12)7-15-16;1-2/h2-6,8H,7H2,1H3;1-2H3. The van der Waals surface area contributed by atoms with Crippen molar-refractivity contribution in [2.24, 2.45) is 5.18 Å². The number of hydrogen-bond acceptors (Lipinski definition) is 4. The van der Waals surface area contributed by atoms with Gasteiger partial charge in [-0.1, -0.05) is 48.9 Å². The molecule has 1 aromatic heterocycles. The lowest BCUT2D eigenvalue weighted by Crippen LogP contribution is -1.91. The molecule has 4 nitrogen and oxygen atoms in total. The molecule has 4 heteroatoms. The average molecular weight is 243 g/mol. The zero-order valence-corrected chi connectivity index (χ0v) is 10.9. The van der Waals surface area contributed by atoms with Crippen LogP contribution in [0.25, 0.3) is 11.3 Å². The van der Waals surface area contributed by atoms with Crippen molar-refractivity contribution >= 4 is 0 Å². The van der Waals surface area contributed by atoms with E-state index < -0.39 is 0 Å². The van der Waals surface area contributed by atoms with Gasteiger partial charge in [-0.2, -0.15) is 4.91 Å². The Morgan fingerprint density at radius 1 is 1.06 bits per heavy atom. The summed E-state index contributed by atoms with van der Waals surface area (Å²) in [5.74, 6) is 0. The fourth-order valence-corrected chi connectivity index (χ4v) is 1.38. The van der Waals surface area contributed by atoms with Gasteiger partial charge in [0, 0.05) is 5.56 Å². The highest BCUT2D eigenvalue weighted by atomic mass is 16.3. The summed E-state index contributed by atoms with van der Waals surface area (Å²) >= 11 is 0. The van der Waals surface area contributed by atoms with E-state index in [4.69, 9.17) is 0 Å². The number of hydrogen-bond donors (Lipinski definition) is 0. The molecule has 0 aliphatic carbocycles. The first kappa shape index (κ1) is 14.0. The van der Waals surface area contributed by atoms with Crippen LogP contribution in [0.5, 0.6) is 0 Å². The maximum Gasteiger partial charge on any atom is 0.125 e. The Labute approximate surface area is 107 Å². The van der Waals surface area contributed by atoms with Crippen LogP contribution in [-0.4, -0.2) is 9.97 Å². The van der Waals surface area contributed by atoms with Crippen LogP contribution in [0, 0.1) is 11.8 Å². The fourth-order valence-electron chi connectivity index (χ4n) is 1.38. The topological polar surface area (TPSA) is 55.2 Å². The molecule has 94 valence electrons. The summed E-state index contributed by atoms with van der Waals surface area (Å²) in [6, 6.07) is 8.05. The van der Waals surface area contributed by atoms with Crippen LogP contribution >= 0.6 is 0 Å². The zero-order chi connectivity index (χ0) is 13.4. The van der Waals surface area contributed by atoms with Gasteiger partial charge in [0.25, 0.3) is 0 Å². The summed E-state index contributed by atoms with van der Waals surface area (Å²) in [7, 11) is 0. The van der Waals surface area contributed by atoms with Crippen molar-refractivity contribution in [3.05, 3.63) is 52.8 Å². The van der Waals surface area contributed by atoms with E-state index in [9.17, 15) is 4.91 Å². The van der Waals surface area contributed by atoms with Gasteiger partial charge in [-0.05, 0) is 6.92 Å². The first-order valence-electron chi connectivity index (χ1n) is 5.96. The molecule has 0 saturated heterocycles. The Kier molecular flexibility index (Phi) is 5.64. The van der Waals surface area contributed by atoms with Gasteiger partial charge >= 0.3 is 0 Å².